The summed E-state index contributed by atoms with van der Waals surface area (Å²) < 4.78 is 50.5. The molecule has 0 spiro atoms. The lowest BCUT2D eigenvalue weighted by atomic mass is 9.97. The summed E-state index contributed by atoms with van der Waals surface area (Å²) in [6.45, 7) is 3.38. The molecule has 4 rings (SSSR count). The molecule has 188 valence electrons. The highest BCUT2D eigenvalue weighted by Crippen LogP contribution is 2.40. The van der Waals surface area contributed by atoms with E-state index in [1.165, 1.54) is 7.11 Å². The molecule has 1 saturated heterocycles. The minimum atomic E-state index is -4.48. The quantitative estimate of drug-likeness (QED) is 0.390. The Balaban J connectivity index is 1.60. The van der Waals surface area contributed by atoms with Crippen LogP contribution < -0.4 is 15.0 Å². The molecule has 3 heterocycles. The Hall–Kier alpha value is -2.79. The zero-order valence-electron chi connectivity index (χ0n) is 19.1. The number of aromatic nitrogens is 2. The van der Waals surface area contributed by atoms with Gasteiger partial charge in [0.25, 0.3) is 0 Å². The molecule has 0 aliphatic carbocycles. The van der Waals surface area contributed by atoms with E-state index in [4.69, 9.17) is 21.1 Å². The van der Waals surface area contributed by atoms with Crippen molar-refractivity contribution in [1.29, 1.82) is 0 Å². The zero-order valence-corrected chi connectivity index (χ0v) is 20.7. The van der Waals surface area contributed by atoms with Crippen LogP contribution in [0.4, 0.5) is 24.9 Å². The number of piperidine rings is 1. The number of thiophene rings is 1. The molecule has 0 unspecified atom stereocenters. The average molecular weight is 529 g/mol. The molecular weight excluding hydrogens is 505 g/mol. The molecule has 35 heavy (non-hydrogen) atoms. The molecular formula is C23H24ClF3N4O3S. The predicted molar refractivity (Wildman–Crippen MR) is 129 cm³/mol. The van der Waals surface area contributed by atoms with Crippen molar-refractivity contribution in [2.75, 3.05) is 37.0 Å². The first-order chi connectivity index (χ1) is 16.7. The van der Waals surface area contributed by atoms with Gasteiger partial charge >= 0.3 is 12.1 Å². The number of rotatable bonds is 7. The van der Waals surface area contributed by atoms with Crippen molar-refractivity contribution in [3.05, 3.63) is 39.7 Å². The average Bonchev–Trinajstić information content (AvgIpc) is 3.28. The van der Waals surface area contributed by atoms with E-state index in [0.717, 1.165) is 11.6 Å². The first-order valence-electron chi connectivity index (χ1n) is 11.1. The molecule has 0 saturated carbocycles. The van der Waals surface area contributed by atoms with Gasteiger partial charge in [0.1, 0.15) is 21.3 Å². The normalized spacial score (nSPS) is 14.9. The van der Waals surface area contributed by atoms with Crippen LogP contribution in [0, 0.1) is 5.92 Å². The van der Waals surface area contributed by atoms with Gasteiger partial charge in [-0.15, -0.1) is 11.3 Å². The van der Waals surface area contributed by atoms with Gasteiger partial charge in [0.2, 0.25) is 5.95 Å². The number of methoxy groups -OCH3 is 1. The van der Waals surface area contributed by atoms with Gasteiger partial charge < -0.3 is 19.7 Å². The molecule has 1 aliphatic rings. The van der Waals surface area contributed by atoms with Crippen LogP contribution in [0.1, 0.15) is 30.2 Å². The monoisotopic (exact) mass is 528 g/mol. The van der Waals surface area contributed by atoms with E-state index < -0.39 is 11.1 Å². The molecule has 0 amide bonds. The molecule has 3 aromatic rings. The molecule has 7 nitrogen and oxygen atoms in total. The van der Waals surface area contributed by atoms with Gasteiger partial charge in [-0.2, -0.15) is 18.2 Å². The number of ether oxygens (including phenoxy) is 2. The minimum Gasteiger partial charge on any atom is -0.495 e. The number of hydrogen-bond donors (Lipinski definition) is 1. The van der Waals surface area contributed by atoms with Crippen molar-refractivity contribution in [2.45, 2.75) is 32.5 Å². The molecule has 1 aliphatic heterocycles. The van der Waals surface area contributed by atoms with Crippen LogP contribution >= 0.6 is 22.9 Å². The number of alkyl halides is 3. The third kappa shape index (κ3) is 5.72. The first-order valence-corrected chi connectivity index (χ1v) is 12.3. The van der Waals surface area contributed by atoms with Crippen LogP contribution in [0.2, 0.25) is 5.02 Å². The lowest BCUT2D eigenvalue weighted by Crippen LogP contribution is -2.38. The zero-order chi connectivity index (χ0) is 25.2. The van der Waals surface area contributed by atoms with E-state index in [0.29, 0.717) is 71.8 Å². The Morgan fingerprint density at radius 3 is 2.63 bits per heavy atom. The van der Waals surface area contributed by atoms with Crippen LogP contribution in [0.3, 0.4) is 0 Å². The molecule has 1 fully saturated rings. The summed E-state index contributed by atoms with van der Waals surface area (Å²) in [5.74, 6) is 0.728. The van der Waals surface area contributed by atoms with Gasteiger partial charge in [0.15, 0.2) is 0 Å². The fraction of sp³-hybridized carbons (Fsp3) is 0.435. The molecule has 2 aromatic heterocycles. The number of esters is 1. The predicted octanol–water partition coefficient (Wildman–Crippen LogP) is 5.76. The highest BCUT2D eigenvalue weighted by Gasteiger charge is 2.34. The number of nitrogens with one attached hydrogen (secondary N) is 1. The largest absolute Gasteiger partial charge is 0.495 e. The van der Waals surface area contributed by atoms with Gasteiger partial charge in [0.05, 0.1) is 30.0 Å². The third-order valence-electron chi connectivity index (χ3n) is 5.73. The second-order valence-electron chi connectivity index (χ2n) is 8.04. The van der Waals surface area contributed by atoms with Crippen molar-refractivity contribution in [3.8, 4) is 5.75 Å². The summed E-state index contributed by atoms with van der Waals surface area (Å²) in [4.78, 5) is 22.4. The third-order valence-corrected chi connectivity index (χ3v) is 7.10. The van der Waals surface area contributed by atoms with Crippen molar-refractivity contribution in [1.82, 2.24) is 9.97 Å². The van der Waals surface area contributed by atoms with Gasteiger partial charge in [-0.1, -0.05) is 17.7 Å². The van der Waals surface area contributed by atoms with Crippen molar-refractivity contribution in [2.24, 2.45) is 5.92 Å². The van der Waals surface area contributed by atoms with Crippen molar-refractivity contribution in [3.63, 3.8) is 0 Å². The van der Waals surface area contributed by atoms with Crippen LogP contribution in [0.25, 0.3) is 10.2 Å². The van der Waals surface area contributed by atoms with Crippen LogP contribution in [0.5, 0.6) is 5.75 Å². The molecule has 0 radical (unpaired) electrons. The van der Waals surface area contributed by atoms with E-state index in [2.05, 4.69) is 15.3 Å². The number of benzene rings is 1. The van der Waals surface area contributed by atoms with Gasteiger partial charge in [-0.3, -0.25) is 4.79 Å². The maximum Gasteiger partial charge on any atom is 0.425 e. The maximum atomic E-state index is 13.4. The fourth-order valence-electron chi connectivity index (χ4n) is 3.91. The summed E-state index contributed by atoms with van der Waals surface area (Å²) in [7, 11) is 1.52. The number of carbonyl (C=O) groups is 1. The van der Waals surface area contributed by atoms with Crippen molar-refractivity contribution < 1.29 is 27.4 Å². The Kier molecular flexibility index (Phi) is 7.56. The van der Waals surface area contributed by atoms with E-state index in [9.17, 15) is 18.0 Å². The van der Waals surface area contributed by atoms with E-state index in [-0.39, 0.29) is 23.3 Å². The van der Waals surface area contributed by atoms with Crippen LogP contribution in [0.15, 0.2) is 24.3 Å². The summed E-state index contributed by atoms with van der Waals surface area (Å²) in [6.07, 6.45) is -3.36. The minimum absolute atomic E-state index is 0.203. The van der Waals surface area contributed by atoms with Crippen molar-refractivity contribution >= 4 is 50.9 Å². The second kappa shape index (κ2) is 10.4. The lowest BCUT2D eigenvalue weighted by molar-refractivity contribution is -0.148. The SMILES string of the molecule is CCOC(=O)C1CCN(c2nc(NCc3ccc(OC)c(Cl)c3)c3cc(C(F)(F)F)sc3n2)CC1. The smallest absolute Gasteiger partial charge is 0.425 e. The van der Waals surface area contributed by atoms with Crippen LogP contribution in [-0.2, 0) is 22.3 Å². The van der Waals surface area contributed by atoms with Crippen LogP contribution in [-0.4, -0.2) is 42.7 Å². The number of anilines is 2. The van der Waals surface area contributed by atoms with Gasteiger partial charge in [-0.25, -0.2) is 4.98 Å². The number of halogens is 4. The molecule has 12 heteroatoms. The number of fused-ring (bicyclic) bond motifs is 1. The summed E-state index contributed by atoms with van der Waals surface area (Å²) in [6, 6.07) is 6.33. The van der Waals surface area contributed by atoms with E-state index >= 15 is 0 Å². The van der Waals surface area contributed by atoms with E-state index in [1.807, 2.05) is 11.0 Å². The van der Waals surface area contributed by atoms with Gasteiger partial charge in [-0.05, 0) is 43.5 Å². The molecule has 0 atom stereocenters. The van der Waals surface area contributed by atoms with Gasteiger partial charge in [0, 0.05) is 19.6 Å². The lowest BCUT2D eigenvalue weighted by Gasteiger charge is -2.31. The maximum absolute atomic E-state index is 13.4. The topological polar surface area (TPSA) is 76.6 Å². The highest BCUT2D eigenvalue weighted by molar-refractivity contribution is 7.18. The van der Waals surface area contributed by atoms with E-state index in [1.54, 1.807) is 19.1 Å². The number of nitrogens with zero attached hydrogens (tertiary/aromatic N) is 3. The first kappa shape index (κ1) is 25.3. The Labute approximate surface area is 209 Å². The summed E-state index contributed by atoms with van der Waals surface area (Å²) >= 11 is 6.78. The fourth-order valence-corrected chi connectivity index (χ4v) is 5.08. The summed E-state index contributed by atoms with van der Waals surface area (Å²) in [5, 5.41) is 3.87. The molecule has 1 N–H and O–H groups in total. The second-order valence-corrected chi connectivity index (χ2v) is 9.47. The Morgan fingerprint density at radius 1 is 1.26 bits per heavy atom. The molecule has 0 bridgehead atoms. The standard InChI is InChI=1S/C23H24ClF3N4O3S/c1-3-34-21(32)14-6-8-31(9-7-14)22-29-19(15-11-18(23(25,26)27)35-20(15)30-22)28-12-13-4-5-17(33-2)16(24)10-13/h4-5,10-11,14H,3,6-9,12H2,1-2H3,(H,28,29,30). The number of hydrogen-bond acceptors (Lipinski definition) is 8. The Bertz CT molecular complexity index is 1210. The summed E-state index contributed by atoms with van der Waals surface area (Å²) in [5.41, 5.74) is 0.811. The molecule has 1 aromatic carbocycles. The highest BCUT2D eigenvalue weighted by atomic mass is 35.5. The Morgan fingerprint density at radius 2 is 2.00 bits per heavy atom. The number of carbonyl (C=O) groups excluding carboxylic acids is 1.